The van der Waals surface area contributed by atoms with Crippen LogP contribution < -0.4 is 14.8 Å². The third-order valence-corrected chi connectivity index (χ3v) is 4.78. The molecule has 6 heteroatoms. The van der Waals surface area contributed by atoms with Crippen LogP contribution in [-0.2, 0) is 4.79 Å². The van der Waals surface area contributed by atoms with Crippen molar-refractivity contribution in [2.75, 3.05) is 18.5 Å². The number of ether oxygens (including phenoxy) is 2. The summed E-state index contributed by atoms with van der Waals surface area (Å²) < 4.78 is 11.4. The van der Waals surface area contributed by atoms with Gasteiger partial charge in [-0.15, -0.1) is 0 Å². The predicted octanol–water partition coefficient (Wildman–Crippen LogP) is 6.23. The summed E-state index contributed by atoms with van der Waals surface area (Å²) >= 11 is 6.39. The molecule has 0 aliphatic heterocycles. The van der Waals surface area contributed by atoms with E-state index in [4.69, 9.17) is 21.1 Å². The van der Waals surface area contributed by atoms with Crippen molar-refractivity contribution in [2.24, 2.45) is 0 Å². The second-order valence-electron chi connectivity index (χ2n) is 6.76. The van der Waals surface area contributed by atoms with Crippen LogP contribution in [0.3, 0.4) is 0 Å². The van der Waals surface area contributed by atoms with Gasteiger partial charge < -0.3 is 14.8 Å². The van der Waals surface area contributed by atoms with Crippen molar-refractivity contribution in [3.05, 3.63) is 70.8 Å². The number of rotatable bonds is 8. The summed E-state index contributed by atoms with van der Waals surface area (Å²) in [5.41, 5.74) is 1.16. The van der Waals surface area contributed by atoms with Gasteiger partial charge in [0.25, 0.3) is 5.91 Å². The van der Waals surface area contributed by atoms with Crippen molar-refractivity contribution in [1.82, 2.24) is 0 Å². The monoisotopic (exact) mass is 434 g/mol. The SMILES string of the molecule is CCCOc1c(Cl)cc(/C=C(\C#N)C(=O)Nc2cccc3ccccc23)cc1OCC. The average molecular weight is 435 g/mol. The van der Waals surface area contributed by atoms with Crippen molar-refractivity contribution >= 4 is 40.0 Å². The minimum Gasteiger partial charge on any atom is -0.490 e. The number of halogens is 1. The number of nitrogens with one attached hydrogen (secondary N) is 1. The number of hydrogen-bond donors (Lipinski definition) is 1. The zero-order chi connectivity index (χ0) is 22.2. The summed E-state index contributed by atoms with van der Waals surface area (Å²) in [5.74, 6) is 0.432. The maximum absolute atomic E-state index is 12.8. The molecule has 3 rings (SSSR count). The van der Waals surface area contributed by atoms with Crippen LogP contribution in [0.25, 0.3) is 16.8 Å². The van der Waals surface area contributed by atoms with E-state index < -0.39 is 5.91 Å². The van der Waals surface area contributed by atoms with Crippen LogP contribution in [0.2, 0.25) is 5.02 Å². The molecule has 31 heavy (non-hydrogen) atoms. The minimum absolute atomic E-state index is 0.0475. The molecular weight excluding hydrogens is 412 g/mol. The first-order chi connectivity index (χ1) is 15.1. The lowest BCUT2D eigenvalue weighted by atomic mass is 10.1. The fourth-order valence-corrected chi connectivity index (χ4v) is 3.39. The molecule has 0 radical (unpaired) electrons. The van der Waals surface area contributed by atoms with Gasteiger partial charge in [0.05, 0.1) is 18.2 Å². The number of amides is 1. The molecule has 3 aromatic rings. The maximum Gasteiger partial charge on any atom is 0.266 e. The second kappa shape index (κ2) is 10.5. The summed E-state index contributed by atoms with van der Waals surface area (Å²) in [6.45, 7) is 4.79. The summed E-state index contributed by atoms with van der Waals surface area (Å²) in [7, 11) is 0. The normalized spacial score (nSPS) is 11.1. The standard InChI is InChI=1S/C25H23ClN2O3/c1-3-12-31-24-21(26)14-17(15-23(24)30-4-2)13-19(16-27)25(29)28-22-11-7-9-18-8-5-6-10-20(18)22/h5-11,13-15H,3-4,12H2,1-2H3,(H,28,29)/b19-13+. The van der Waals surface area contributed by atoms with Gasteiger partial charge in [-0.2, -0.15) is 5.26 Å². The van der Waals surface area contributed by atoms with Gasteiger partial charge in [0, 0.05) is 11.1 Å². The molecule has 3 aromatic carbocycles. The Morgan fingerprint density at radius 1 is 1.13 bits per heavy atom. The van der Waals surface area contributed by atoms with Gasteiger partial charge in [-0.05, 0) is 48.6 Å². The molecule has 1 amide bonds. The Labute approximate surface area is 186 Å². The Morgan fingerprint density at radius 2 is 1.90 bits per heavy atom. The predicted molar refractivity (Wildman–Crippen MR) is 125 cm³/mol. The van der Waals surface area contributed by atoms with Crippen LogP contribution in [0.15, 0.2) is 60.2 Å². The molecule has 0 aliphatic rings. The van der Waals surface area contributed by atoms with Gasteiger partial charge in [-0.1, -0.05) is 54.9 Å². The third-order valence-electron chi connectivity index (χ3n) is 4.50. The molecule has 0 saturated heterocycles. The lowest BCUT2D eigenvalue weighted by Gasteiger charge is -2.14. The van der Waals surface area contributed by atoms with Crippen molar-refractivity contribution < 1.29 is 14.3 Å². The summed E-state index contributed by atoms with van der Waals surface area (Å²) in [4.78, 5) is 12.8. The highest BCUT2D eigenvalue weighted by molar-refractivity contribution is 6.32. The highest BCUT2D eigenvalue weighted by Gasteiger charge is 2.15. The van der Waals surface area contributed by atoms with Crippen molar-refractivity contribution in [3.8, 4) is 17.6 Å². The maximum atomic E-state index is 12.8. The molecule has 0 fully saturated rings. The average Bonchev–Trinajstić information content (AvgIpc) is 2.77. The Kier molecular flexibility index (Phi) is 7.53. The number of hydrogen-bond acceptors (Lipinski definition) is 4. The number of anilines is 1. The number of carbonyl (C=O) groups is 1. The first-order valence-electron chi connectivity index (χ1n) is 10.1. The van der Waals surface area contributed by atoms with E-state index in [9.17, 15) is 10.1 Å². The fourth-order valence-electron chi connectivity index (χ4n) is 3.12. The molecule has 5 nitrogen and oxygen atoms in total. The van der Waals surface area contributed by atoms with E-state index in [-0.39, 0.29) is 5.57 Å². The third kappa shape index (κ3) is 5.36. The van der Waals surface area contributed by atoms with Gasteiger partial charge in [-0.3, -0.25) is 4.79 Å². The molecule has 0 saturated carbocycles. The molecule has 0 aromatic heterocycles. The van der Waals surface area contributed by atoms with Crippen molar-refractivity contribution in [2.45, 2.75) is 20.3 Å². The lowest BCUT2D eigenvalue weighted by Crippen LogP contribution is -2.13. The Balaban J connectivity index is 1.91. The van der Waals surface area contributed by atoms with E-state index in [0.717, 1.165) is 17.2 Å². The molecule has 0 spiro atoms. The summed E-state index contributed by atoms with van der Waals surface area (Å²) in [5, 5.41) is 14.7. The second-order valence-corrected chi connectivity index (χ2v) is 7.17. The zero-order valence-electron chi connectivity index (χ0n) is 17.4. The van der Waals surface area contributed by atoms with Crippen LogP contribution in [0.5, 0.6) is 11.5 Å². The Morgan fingerprint density at radius 3 is 2.65 bits per heavy atom. The first-order valence-corrected chi connectivity index (χ1v) is 10.4. The Hall–Kier alpha value is -3.49. The quantitative estimate of drug-likeness (QED) is 0.337. The van der Waals surface area contributed by atoms with E-state index in [1.807, 2.05) is 56.3 Å². The molecule has 0 unspecified atom stereocenters. The number of nitriles is 1. The smallest absolute Gasteiger partial charge is 0.266 e. The van der Waals surface area contributed by atoms with E-state index in [1.165, 1.54) is 6.08 Å². The van der Waals surface area contributed by atoms with Crippen LogP contribution in [0.1, 0.15) is 25.8 Å². The van der Waals surface area contributed by atoms with Gasteiger partial charge >= 0.3 is 0 Å². The summed E-state index contributed by atoms with van der Waals surface area (Å²) in [6, 6.07) is 18.7. The van der Waals surface area contributed by atoms with Gasteiger partial charge in [0.2, 0.25) is 0 Å². The largest absolute Gasteiger partial charge is 0.490 e. The number of benzene rings is 3. The molecule has 158 valence electrons. The topological polar surface area (TPSA) is 71.3 Å². The molecule has 1 N–H and O–H groups in total. The molecule has 0 heterocycles. The van der Waals surface area contributed by atoms with Gasteiger partial charge in [0.1, 0.15) is 11.6 Å². The highest BCUT2D eigenvalue weighted by Crippen LogP contribution is 2.37. The van der Waals surface area contributed by atoms with E-state index >= 15 is 0 Å². The van der Waals surface area contributed by atoms with E-state index in [1.54, 1.807) is 18.2 Å². The van der Waals surface area contributed by atoms with Crippen LogP contribution in [-0.4, -0.2) is 19.1 Å². The molecular formula is C25H23ClN2O3. The number of carbonyl (C=O) groups excluding carboxylic acids is 1. The van der Waals surface area contributed by atoms with Gasteiger partial charge in [-0.25, -0.2) is 0 Å². The van der Waals surface area contributed by atoms with Crippen LogP contribution in [0, 0.1) is 11.3 Å². The number of fused-ring (bicyclic) bond motifs is 1. The van der Waals surface area contributed by atoms with Crippen LogP contribution in [0.4, 0.5) is 5.69 Å². The highest BCUT2D eigenvalue weighted by atomic mass is 35.5. The fraction of sp³-hybridized carbons (Fsp3) is 0.200. The van der Waals surface area contributed by atoms with Crippen molar-refractivity contribution in [1.29, 1.82) is 5.26 Å². The summed E-state index contributed by atoms with van der Waals surface area (Å²) in [6.07, 6.45) is 2.31. The van der Waals surface area contributed by atoms with Crippen molar-refractivity contribution in [3.63, 3.8) is 0 Å². The first kappa shape index (κ1) is 22.2. The lowest BCUT2D eigenvalue weighted by molar-refractivity contribution is -0.112. The molecule has 0 aliphatic carbocycles. The van der Waals surface area contributed by atoms with E-state index in [2.05, 4.69) is 5.32 Å². The number of nitrogens with zero attached hydrogens (tertiary/aromatic N) is 1. The Bertz CT molecular complexity index is 1160. The van der Waals surface area contributed by atoms with E-state index in [0.29, 0.717) is 41.0 Å². The molecule has 0 atom stereocenters. The minimum atomic E-state index is -0.501. The van der Waals surface area contributed by atoms with Crippen LogP contribution >= 0.6 is 11.6 Å². The molecule has 0 bridgehead atoms. The zero-order valence-corrected chi connectivity index (χ0v) is 18.2. The van der Waals surface area contributed by atoms with Gasteiger partial charge in [0.15, 0.2) is 11.5 Å².